The maximum atomic E-state index is 5.96. The fourth-order valence-electron chi connectivity index (χ4n) is 1.16. The number of halogens is 4. The van der Waals surface area contributed by atoms with Crippen molar-refractivity contribution in [2.45, 2.75) is 0 Å². The molecular formula is C10H4BrCl2IN2. The number of aromatic nitrogens is 2. The van der Waals surface area contributed by atoms with Crippen molar-refractivity contribution in [3.63, 3.8) is 0 Å². The lowest BCUT2D eigenvalue weighted by molar-refractivity contribution is 1.16. The Hall–Kier alpha value is 0.0900. The van der Waals surface area contributed by atoms with Gasteiger partial charge < -0.3 is 0 Å². The lowest BCUT2D eigenvalue weighted by Crippen LogP contribution is -1.94. The van der Waals surface area contributed by atoms with Gasteiger partial charge in [-0.05, 0) is 28.7 Å². The van der Waals surface area contributed by atoms with E-state index in [2.05, 4.69) is 25.9 Å². The molecule has 0 saturated heterocycles. The Morgan fingerprint density at radius 3 is 2.19 bits per heavy atom. The molecule has 0 aliphatic rings. The second-order valence-corrected chi connectivity index (χ2v) is 5.57. The molecule has 2 rings (SSSR count). The molecule has 0 spiro atoms. The molecule has 0 fully saturated rings. The quantitative estimate of drug-likeness (QED) is 0.480. The number of rotatable bonds is 1. The maximum absolute atomic E-state index is 5.96. The van der Waals surface area contributed by atoms with Crippen LogP contribution in [0, 0.1) is 3.57 Å². The fraction of sp³-hybridized carbons (Fsp3) is 0. The van der Waals surface area contributed by atoms with E-state index in [4.69, 9.17) is 23.2 Å². The third-order valence-corrected chi connectivity index (χ3v) is 4.78. The van der Waals surface area contributed by atoms with Crippen LogP contribution in [0.25, 0.3) is 11.4 Å². The summed E-state index contributed by atoms with van der Waals surface area (Å²) in [6.45, 7) is 0. The average molecular weight is 430 g/mol. The van der Waals surface area contributed by atoms with Gasteiger partial charge >= 0.3 is 0 Å². The standard InChI is InChI=1S/C10H4BrCl2IN2/c11-6-4-2-1-3-5(6)10-15-8(12)7(14)9(13)16-10/h1-4H. The van der Waals surface area contributed by atoms with Gasteiger partial charge in [-0.25, -0.2) is 9.97 Å². The smallest absolute Gasteiger partial charge is 0.163 e. The minimum atomic E-state index is 0.367. The molecule has 6 heteroatoms. The molecule has 0 bridgehead atoms. The van der Waals surface area contributed by atoms with Gasteiger partial charge in [-0.3, -0.25) is 0 Å². The van der Waals surface area contributed by atoms with E-state index in [1.54, 1.807) is 0 Å². The molecule has 1 aromatic carbocycles. The van der Waals surface area contributed by atoms with Crippen molar-refractivity contribution in [1.29, 1.82) is 0 Å². The van der Waals surface area contributed by atoms with Crippen LogP contribution < -0.4 is 0 Å². The van der Waals surface area contributed by atoms with E-state index in [-0.39, 0.29) is 0 Å². The summed E-state index contributed by atoms with van der Waals surface area (Å²) in [5.74, 6) is 0.517. The molecule has 0 radical (unpaired) electrons. The SMILES string of the molecule is Clc1nc(-c2ccccc2Br)nc(Cl)c1I. The molecule has 0 N–H and O–H groups in total. The average Bonchev–Trinajstić information content (AvgIpc) is 2.26. The summed E-state index contributed by atoms with van der Waals surface area (Å²) in [7, 11) is 0. The van der Waals surface area contributed by atoms with Gasteiger partial charge in [-0.2, -0.15) is 0 Å². The van der Waals surface area contributed by atoms with Crippen LogP contribution in [-0.2, 0) is 0 Å². The van der Waals surface area contributed by atoms with Gasteiger partial charge in [-0.1, -0.05) is 57.3 Å². The number of hydrogen-bond donors (Lipinski definition) is 0. The maximum Gasteiger partial charge on any atom is 0.163 e. The van der Waals surface area contributed by atoms with Gasteiger partial charge in [0.05, 0.1) is 3.57 Å². The molecule has 0 aliphatic heterocycles. The summed E-state index contributed by atoms with van der Waals surface area (Å²) in [4.78, 5) is 8.39. The first kappa shape index (κ1) is 12.5. The van der Waals surface area contributed by atoms with E-state index < -0.39 is 0 Å². The Bertz CT molecular complexity index is 525. The Morgan fingerprint density at radius 1 is 1.06 bits per heavy atom. The fourth-order valence-corrected chi connectivity index (χ4v) is 2.25. The first-order valence-corrected chi connectivity index (χ1v) is 6.86. The van der Waals surface area contributed by atoms with Crippen LogP contribution in [0.3, 0.4) is 0 Å². The lowest BCUT2D eigenvalue weighted by Gasteiger charge is -2.05. The van der Waals surface area contributed by atoms with E-state index >= 15 is 0 Å². The van der Waals surface area contributed by atoms with E-state index in [1.165, 1.54) is 0 Å². The molecular weight excluding hydrogens is 426 g/mol. The Morgan fingerprint density at radius 2 is 1.62 bits per heavy atom. The summed E-state index contributed by atoms with van der Waals surface area (Å²) >= 11 is 17.4. The first-order chi connectivity index (χ1) is 7.59. The summed E-state index contributed by atoms with van der Waals surface area (Å²) in [6, 6.07) is 7.64. The number of hydrogen-bond acceptors (Lipinski definition) is 2. The molecule has 0 unspecified atom stereocenters. The van der Waals surface area contributed by atoms with Gasteiger partial charge in [0.1, 0.15) is 10.3 Å². The van der Waals surface area contributed by atoms with Crippen molar-refractivity contribution in [3.05, 3.63) is 42.6 Å². The van der Waals surface area contributed by atoms with Crippen molar-refractivity contribution in [2.75, 3.05) is 0 Å². The van der Waals surface area contributed by atoms with Crippen LogP contribution in [0.15, 0.2) is 28.7 Å². The molecule has 82 valence electrons. The minimum Gasteiger partial charge on any atom is -0.215 e. The highest BCUT2D eigenvalue weighted by Gasteiger charge is 2.11. The predicted octanol–water partition coefficient (Wildman–Crippen LogP) is 4.82. The molecule has 0 amide bonds. The van der Waals surface area contributed by atoms with Crippen LogP contribution in [-0.4, -0.2) is 9.97 Å². The van der Waals surface area contributed by atoms with Crippen molar-refractivity contribution in [3.8, 4) is 11.4 Å². The highest BCUT2D eigenvalue weighted by molar-refractivity contribution is 14.1. The summed E-state index contributed by atoms with van der Waals surface area (Å²) in [5.41, 5.74) is 0.864. The van der Waals surface area contributed by atoms with E-state index in [0.717, 1.165) is 10.0 Å². The van der Waals surface area contributed by atoms with Crippen LogP contribution in [0.5, 0.6) is 0 Å². The van der Waals surface area contributed by atoms with Crippen LogP contribution in [0.4, 0.5) is 0 Å². The molecule has 0 aliphatic carbocycles. The second kappa shape index (κ2) is 5.16. The highest BCUT2D eigenvalue weighted by Crippen LogP contribution is 2.30. The van der Waals surface area contributed by atoms with Gasteiger partial charge in [0.2, 0.25) is 0 Å². The summed E-state index contributed by atoms with van der Waals surface area (Å²) in [5, 5.41) is 0.734. The zero-order valence-electron chi connectivity index (χ0n) is 7.72. The molecule has 0 saturated carbocycles. The van der Waals surface area contributed by atoms with Crippen LogP contribution in [0.2, 0.25) is 10.3 Å². The second-order valence-electron chi connectivity index (χ2n) is 2.92. The third kappa shape index (κ3) is 2.50. The predicted molar refractivity (Wildman–Crippen MR) is 77.9 cm³/mol. The largest absolute Gasteiger partial charge is 0.215 e. The molecule has 2 aromatic rings. The van der Waals surface area contributed by atoms with E-state index in [9.17, 15) is 0 Å². The van der Waals surface area contributed by atoms with Crippen molar-refractivity contribution < 1.29 is 0 Å². The molecule has 2 nitrogen and oxygen atoms in total. The van der Waals surface area contributed by atoms with Crippen LogP contribution >= 0.6 is 61.7 Å². The first-order valence-electron chi connectivity index (χ1n) is 4.23. The normalized spacial score (nSPS) is 10.5. The van der Waals surface area contributed by atoms with Crippen LogP contribution in [0.1, 0.15) is 0 Å². The Balaban J connectivity index is 2.62. The van der Waals surface area contributed by atoms with Crippen molar-refractivity contribution in [1.82, 2.24) is 9.97 Å². The highest BCUT2D eigenvalue weighted by atomic mass is 127. The van der Waals surface area contributed by atoms with Gasteiger partial charge in [0.25, 0.3) is 0 Å². The minimum absolute atomic E-state index is 0.367. The van der Waals surface area contributed by atoms with Gasteiger partial charge in [0, 0.05) is 10.0 Å². The third-order valence-electron chi connectivity index (χ3n) is 1.89. The van der Waals surface area contributed by atoms with Gasteiger partial charge in [0.15, 0.2) is 5.82 Å². The topological polar surface area (TPSA) is 25.8 Å². The lowest BCUT2D eigenvalue weighted by atomic mass is 10.2. The zero-order chi connectivity index (χ0) is 11.7. The van der Waals surface area contributed by atoms with Crippen molar-refractivity contribution >= 4 is 61.7 Å². The van der Waals surface area contributed by atoms with E-state index in [0.29, 0.717) is 19.7 Å². The molecule has 1 heterocycles. The number of nitrogens with zero attached hydrogens (tertiary/aromatic N) is 2. The Kier molecular flexibility index (Phi) is 4.05. The zero-order valence-corrected chi connectivity index (χ0v) is 13.0. The summed E-state index contributed by atoms with van der Waals surface area (Å²) in [6.07, 6.45) is 0. The molecule has 0 atom stereocenters. The molecule has 16 heavy (non-hydrogen) atoms. The monoisotopic (exact) mass is 428 g/mol. The van der Waals surface area contributed by atoms with Gasteiger partial charge in [-0.15, -0.1) is 0 Å². The Labute approximate surface area is 125 Å². The van der Waals surface area contributed by atoms with Crippen molar-refractivity contribution in [2.24, 2.45) is 0 Å². The number of benzene rings is 1. The van der Waals surface area contributed by atoms with E-state index in [1.807, 2.05) is 46.9 Å². The molecule has 1 aromatic heterocycles. The summed E-state index contributed by atoms with van der Waals surface area (Å²) < 4.78 is 1.57.